The first-order chi connectivity index (χ1) is 10.9. The molecular formula is C16H24N2O4S. The second kappa shape index (κ2) is 5.46. The van der Waals surface area contributed by atoms with Crippen molar-refractivity contribution in [2.75, 3.05) is 11.5 Å². The summed E-state index contributed by atoms with van der Waals surface area (Å²) in [6.07, 6.45) is 6.30. The average molecular weight is 340 g/mol. The minimum atomic E-state index is -3.09. The lowest BCUT2D eigenvalue weighted by molar-refractivity contribution is -0.142. The fourth-order valence-electron chi connectivity index (χ4n) is 5.66. The molecule has 0 spiro atoms. The minimum absolute atomic E-state index is 0.0235. The fourth-order valence-corrected chi connectivity index (χ4v) is 7.41. The molecule has 1 atom stereocenters. The van der Waals surface area contributed by atoms with Crippen LogP contribution in [0.5, 0.6) is 0 Å². The SMILES string of the molecule is O=C(NNC(=O)[C@H]1CCS(=O)(=O)C1)C1C2CC3CC(C2)CC1C3. The van der Waals surface area contributed by atoms with Gasteiger partial charge in [0, 0.05) is 5.92 Å². The Hall–Kier alpha value is -1.11. The largest absolute Gasteiger partial charge is 0.273 e. The van der Waals surface area contributed by atoms with Gasteiger partial charge in [0.15, 0.2) is 9.84 Å². The highest BCUT2D eigenvalue weighted by molar-refractivity contribution is 7.91. The summed E-state index contributed by atoms with van der Waals surface area (Å²) in [5.41, 5.74) is 5.05. The van der Waals surface area contributed by atoms with E-state index in [1.165, 1.54) is 6.42 Å². The summed E-state index contributed by atoms with van der Waals surface area (Å²) < 4.78 is 22.9. The molecule has 7 heteroatoms. The molecule has 6 nitrogen and oxygen atoms in total. The van der Waals surface area contributed by atoms with Crippen LogP contribution in [0, 0.1) is 35.5 Å². The normalized spacial score (nSPS) is 43.3. The van der Waals surface area contributed by atoms with E-state index in [9.17, 15) is 18.0 Å². The first-order valence-electron chi connectivity index (χ1n) is 8.71. The molecular weight excluding hydrogens is 316 g/mol. The van der Waals surface area contributed by atoms with Crippen molar-refractivity contribution in [1.82, 2.24) is 10.9 Å². The predicted molar refractivity (Wildman–Crippen MR) is 83.6 cm³/mol. The van der Waals surface area contributed by atoms with Gasteiger partial charge < -0.3 is 0 Å². The highest BCUT2D eigenvalue weighted by Crippen LogP contribution is 2.56. The van der Waals surface area contributed by atoms with Crippen molar-refractivity contribution in [3.05, 3.63) is 0 Å². The molecule has 5 fully saturated rings. The summed E-state index contributed by atoms with van der Waals surface area (Å²) in [6, 6.07) is 0. The zero-order chi connectivity index (χ0) is 16.2. The van der Waals surface area contributed by atoms with Crippen LogP contribution < -0.4 is 10.9 Å². The maximum absolute atomic E-state index is 12.5. The Labute approximate surface area is 136 Å². The van der Waals surface area contributed by atoms with E-state index in [-0.39, 0.29) is 29.2 Å². The van der Waals surface area contributed by atoms with Gasteiger partial charge in [-0.1, -0.05) is 0 Å². The van der Waals surface area contributed by atoms with Crippen LogP contribution in [-0.4, -0.2) is 31.7 Å². The monoisotopic (exact) mass is 340 g/mol. The smallest absolute Gasteiger partial charge is 0.242 e. The van der Waals surface area contributed by atoms with Gasteiger partial charge in [0.1, 0.15) is 0 Å². The van der Waals surface area contributed by atoms with Crippen LogP contribution in [-0.2, 0) is 19.4 Å². The molecule has 5 rings (SSSR count). The van der Waals surface area contributed by atoms with Gasteiger partial charge >= 0.3 is 0 Å². The third-order valence-corrected chi connectivity index (χ3v) is 8.21. The third kappa shape index (κ3) is 2.88. The van der Waals surface area contributed by atoms with Crippen LogP contribution in [0.3, 0.4) is 0 Å². The number of hydrazine groups is 1. The van der Waals surface area contributed by atoms with Gasteiger partial charge in [-0.05, 0) is 62.2 Å². The zero-order valence-corrected chi connectivity index (χ0v) is 14.0. The highest BCUT2D eigenvalue weighted by atomic mass is 32.2. The van der Waals surface area contributed by atoms with Crippen molar-refractivity contribution in [2.24, 2.45) is 35.5 Å². The van der Waals surface area contributed by atoms with Crippen molar-refractivity contribution < 1.29 is 18.0 Å². The van der Waals surface area contributed by atoms with Crippen molar-refractivity contribution in [2.45, 2.75) is 38.5 Å². The summed E-state index contributed by atoms with van der Waals surface area (Å²) in [5.74, 6) is 1.55. The van der Waals surface area contributed by atoms with E-state index < -0.39 is 15.8 Å². The van der Waals surface area contributed by atoms with E-state index in [0.717, 1.165) is 37.5 Å². The Balaban J connectivity index is 1.33. The molecule has 0 radical (unpaired) electrons. The van der Waals surface area contributed by atoms with Gasteiger partial charge in [0.05, 0.1) is 17.4 Å². The topological polar surface area (TPSA) is 92.3 Å². The van der Waals surface area contributed by atoms with Crippen LogP contribution in [0.2, 0.25) is 0 Å². The molecule has 1 aliphatic heterocycles. The first kappa shape index (κ1) is 15.4. The highest BCUT2D eigenvalue weighted by Gasteiger charge is 2.50. The minimum Gasteiger partial charge on any atom is -0.273 e. The molecule has 2 amide bonds. The van der Waals surface area contributed by atoms with Crippen molar-refractivity contribution in [3.8, 4) is 0 Å². The Morgan fingerprint density at radius 1 is 0.826 bits per heavy atom. The number of carbonyl (C=O) groups excluding carboxylic acids is 2. The molecule has 4 saturated carbocycles. The maximum Gasteiger partial charge on any atom is 0.242 e. The summed E-state index contributed by atoms with van der Waals surface area (Å²) in [4.78, 5) is 24.6. The predicted octanol–water partition coefficient (Wildman–Crippen LogP) is 0.641. The number of carbonyl (C=O) groups is 2. The number of sulfone groups is 1. The zero-order valence-electron chi connectivity index (χ0n) is 13.2. The molecule has 0 aromatic carbocycles. The lowest BCUT2D eigenvalue weighted by Gasteiger charge is -2.53. The van der Waals surface area contributed by atoms with E-state index in [1.54, 1.807) is 0 Å². The lowest BCUT2D eigenvalue weighted by atomic mass is 9.52. The van der Waals surface area contributed by atoms with Crippen molar-refractivity contribution in [3.63, 3.8) is 0 Å². The fraction of sp³-hybridized carbons (Fsp3) is 0.875. The second-order valence-corrected chi connectivity index (χ2v) is 10.3. The van der Waals surface area contributed by atoms with E-state index in [1.807, 2.05) is 0 Å². The van der Waals surface area contributed by atoms with Crippen LogP contribution in [0.15, 0.2) is 0 Å². The molecule has 1 saturated heterocycles. The molecule has 0 unspecified atom stereocenters. The van der Waals surface area contributed by atoms with Crippen LogP contribution in [0.1, 0.15) is 38.5 Å². The molecule has 128 valence electrons. The van der Waals surface area contributed by atoms with Crippen LogP contribution in [0.25, 0.3) is 0 Å². The number of hydrogen-bond donors (Lipinski definition) is 2. The number of hydrogen-bond acceptors (Lipinski definition) is 4. The second-order valence-electron chi connectivity index (χ2n) is 8.03. The molecule has 5 aliphatic rings. The number of nitrogens with one attached hydrogen (secondary N) is 2. The Morgan fingerprint density at radius 3 is 1.91 bits per heavy atom. The Bertz CT molecular complexity index is 602. The Kier molecular flexibility index (Phi) is 3.66. The molecule has 0 aromatic heterocycles. The van der Waals surface area contributed by atoms with Gasteiger partial charge in [-0.15, -0.1) is 0 Å². The van der Waals surface area contributed by atoms with Crippen molar-refractivity contribution in [1.29, 1.82) is 0 Å². The molecule has 2 N–H and O–H groups in total. The van der Waals surface area contributed by atoms with Gasteiger partial charge in [-0.3, -0.25) is 20.4 Å². The van der Waals surface area contributed by atoms with Gasteiger partial charge in [0.25, 0.3) is 0 Å². The van der Waals surface area contributed by atoms with E-state index in [4.69, 9.17) is 0 Å². The average Bonchev–Trinajstić information content (AvgIpc) is 2.84. The van der Waals surface area contributed by atoms with Crippen LogP contribution >= 0.6 is 0 Å². The number of amides is 2. The quantitative estimate of drug-likeness (QED) is 0.722. The number of rotatable bonds is 2. The summed E-state index contributed by atoms with van der Waals surface area (Å²) in [6.45, 7) is 0. The maximum atomic E-state index is 12.5. The van der Waals surface area contributed by atoms with Crippen molar-refractivity contribution >= 4 is 21.7 Å². The van der Waals surface area contributed by atoms with E-state index in [2.05, 4.69) is 10.9 Å². The van der Waals surface area contributed by atoms with Gasteiger partial charge in [0.2, 0.25) is 11.8 Å². The Morgan fingerprint density at radius 2 is 1.39 bits per heavy atom. The summed E-state index contributed by atoms with van der Waals surface area (Å²) in [5, 5.41) is 0. The molecule has 0 aromatic rings. The summed E-state index contributed by atoms with van der Waals surface area (Å²) in [7, 11) is -3.09. The first-order valence-corrected chi connectivity index (χ1v) is 10.5. The molecule has 4 aliphatic carbocycles. The third-order valence-electron chi connectivity index (χ3n) is 6.44. The molecule has 4 bridgehead atoms. The van der Waals surface area contributed by atoms with Gasteiger partial charge in [-0.25, -0.2) is 8.42 Å². The van der Waals surface area contributed by atoms with E-state index in [0.29, 0.717) is 18.3 Å². The van der Waals surface area contributed by atoms with Gasteiger partial charge in [-0.2, -0.15) is 0 Å². The standard InChI is InChI=1S/C16H24N2O4S/c19-15(11-1-2-23(21,22)8-11)17-18-16(20)14-12-4-9-3-10(6-12)7-13(14)5-9/h9-14H,1-8H2,(H,17,19)(H,18,20)/t9?,10?,11-,12?,13?,14?/m0/s1. The van der Waals surface area contributed by atoms with Crippen LogP contribution in [0.4, 0.5) is 0 Å². The van der Waals surface area contributed by atoms with E-state index >= 15 is 0 Å². The summed E-state index contributed by atoms with van der Waals surface area (Å²) >= 11 is 0. The molecule has 23 heavy (non-hydrogen) atoms. The molecule has 1 heterocycles. The lowest BCUT2D eigenvalue weighted by Crippen LogP contribution is -2.54.